The zero-order chi connectivity index (χ0) is 20.2. The molecule has 0 radical (unpaired) electrons. The lowest BCUT2D eigenvalue weighted by Gasteiger charge is -2.06. The molecule has 0 N–H and O–H groups in total. The maximum atomic E-state index is 4.47. The first kappa shape index (κ1) is 17.9. The normalized spacial score (nSPS) is 10.5. The summed E-state index contributed by atoms with van der Waals surface area (Å²) in [7, 11) is 0. The molecule has 0 atom stereocenters. The molecule has 0 saturated carbocycles. The largest absolute Gasteiger partial charge is 0.232 e. The molecule has 4 aromatic carbocycles. The van der Waals surface area contributed by atoms with E-state index >= 15 is 0 Å². The Bertz CT molecular complexity index is 1360. The van der Waals surface area contributed by atoms with Gasteiger partial charge in [0.05, 0.1) is 6.54 Å². The van der Waals surface area contributed by atoms with Crippen LogP contribution in [0.15, 0.2) is 103 Å². The summed E-state index contributed by atoms with van der Waals surface area (Å²) in [6, 6.07) is 34.9. The fraction of sp³-hybridized carbons (Fsp3) is 0.0370. The summed E-state index contributed by atoms with van der Waals surface area (Å²) in [6.07, 6.45) is 0. The van der Waals surface area contributed by atoms with Gasteiger partial charge in [0.25, 0.3) is 0 Å². The molecule has 5 rings (SSSR count). The van der Waals surface area contributed by atoms with Crippen molar-refractivity contribution in [3.05, 3.63) is 120 Å². The predicted molar refractivity (Wildman–Crippen MR) is 121 cm³/mol. The first-order chi connectivity index (χ1) is 14.9. The lowest BCUT2D eigenvalue weighted by Crippen LogP contribution is -2.05. The van der Waals surface area contributed by atoms with Crippen molar-refractivity contribution in [2.24, 2.45) is 0 Å². The number of hydrogen-bond acceptors (Lipinski definition) is 2. The molecule has 0 aliphatic carbocycles. The average molecular weight is 385 g/mol. The van der Waals surface area contributed by atoms with Crippen molar-refractivity contribution in [3.63, 3.8) is 0 Å². The fourth-order valence-electron chi connectivity index (χ4n) is 3.50. The molecule has 142 valence electrons. The molecule has 0 bridgehead atoms. The minimum Gasteiger partial charge on any atom is -0.232 e. The molecule has 0 saturated heterocycles. The van der Waals surface area contributed by atoms with E-state index in [4.69, 9.17) is 0 Å². The highest BCUT2D eigenvalue weighted by Crippen LogP contribution is 2.22. The van der Waals surface area contributed by atoms with Gasteiger partial charge < -0.3 is 0 Å². The van der Waals surface area contributed by atoms with E-state index in [9.17, 15) is 0 Å². The van der Waals surface area contributed by atoms with Gasteiger partial charge in [0.2, 0.25) is 0 Å². The van der Waals surface area contributed by atoms with Gasteiger partial charge in [-0.15, -0.1) is 5.10 Å². The van der Waals surface area contributed by atoms with Crippen LogP contribution in [0.25, 0.3) is 22.0 Å². The first-order valence-corrected chi connectivity index (χ1v) is 9.90. The predicted octanol–water partition coefficient (Wildman–Crippen LogP) is 5.55. The SMILES string of the molecule is C(#Cc1c(-c2ccccc2)nnn1Cc1ccc2ccccc2c1)c1ccccc1. The van der Waals surface area contributed by atoms with Gasteiger partial charge in [0.15, 0.2) is 0 Å². The zero-order valence-electron chi connectivity index (χ0n) is 16.4. The quantitative estimate of drug-likeness (QED) is 0.381. The summed E-state index contributed by atoms with van der Waals surface area (Å²) in [5.41, 5.74) is 4.77. The molecule has 30 heavy (non-hydrogen) atoms. The van der Waals surface area contributed by atoms with E-state index in [1.807, 2.05) is 65.3 Å². The summed E-state index contributed by atoms with van der Waals surface area (Å²) in [4.78, 5) is 0. The van der Waals surface area contributed by atoms with E-state index in [-0.39, 0.29) is 0 Å². The van der Waals surface area contributed by atoms with E-state index in [2.05, 4.69) is 64.6 Å². The van der Waals surface area contributed by atoms with Crippen molar-refractivity contribution in [1.82, 2.24) is 15.0 Å². The standard InChI is InChI=1S/C27H19N3/c1-3-9-21(10-4-1)16-18-26-27(24-12-5-2-6-13-24)28-29-30(26)20-22-15-17-23-11-7-8-14-25(23)19-22/h1-15,17,19H,20H2. The van der Waals surface area contributed by atoms with Crippen LogP contribution >= 0.6 is 0 Å². The first-order valence-electron chi connectivity index (χ1n) is 9.90. The maximum Gasteiger partial charge on any atom is 0.140 e. The van der Waals surface area contributed by atoms with Crippen molar-refractivity contribution in [1.29, 1.82) is 0 Å². The number of aromatic nitrogens is 3. The van der Waals surface area contributed by atoms with Gasteiger partial charge in [-0.3, -0.25) is 0 Å². The Hall–Kier alpha value is -4.16. The van der Waals surface area contributed by atoms with Crippen molar-refractivity contribution >= 4 is 10.8 Å². The molecular formula is C27H19N3. The number of hydrogen-bond donors (Lipinski definition) is 0. The van der Waals surface area contributed by atoms with Gasteiger partial charge in [0.1, 0.15) is 11.4 Å². The van der Waals surface area contributed by atoms with Gasteiger partial charge in [-0.1, -0.05) is 96.1 Å². The molecular weight excluding hydrogens is 366 g/mol. The van der Waals surface area contributed by atoms with Gasteiger partial charge in [-0.05, 0) is 40.5 Å². The van der Waals surface area contributed by atoms with Crippen molar-refractivity contribution in [2.75, 3.05) is 0 Å². The highest BCUT2D eigenvalue weighted by atomic mass is 15.4. The molecule has 3 nitrogen and oxygen atoms in total. The molecule has 1 heterocycles. The van der Waals surface area contributed by atoms with Crippen LogP contribution < -0.4 is 0 Å². The highest BCUT2D eigenvalue weighted by molar-refractivity contribution is 5.83. The zero-order valence-corrected chi connectivity index (χ0v) is 16.4. The second kappa shape index (κ2) is 8.06. The van der Waals surface area contributed by atoms with E-state index in [0.29, 0.717) is 6.54 Å². The van der Waals surface area contributed by atoms with E-state index in [1.165, 1.54) is 16.3 Å². The topological polar surface area (TPSA) is 30.7 Å². The lowest BCUT2D eigenvalue weighted by atomic mass is 10.1. The van der Waals surface area contributed by atoms with Gasteiger partial charge in [0, 0.05) is 11.1 Å². The van der Waals surface area contributed by atoms with Crippen LogP contribution in [0.4, 0.5) is 0 Å². The maximum absolute atomic E-state index is 4.47. The Morgan fingerprint density at radius 2 is 1.37 bits per heavy atom. The van der Waals surface area contributed by atoms with Crippen LogP contribution in [0, 0.1) is 11.8 Å². The summed E-state index contributed by atoms with van der Waals surface area (Å²) >= 11 is 0. The minimum absolute atomic E-state index is 0.615. The van der Waals surface area contributed by atoms with E-state index in [0.717, 1.165) is 22.5 Å². The average Bonchev–Trinajstić information content (AvgIpc) is 3.21. The van der Waals surface area contributed by atoms with Crippen LogP contribution in [0.3, 0.4) is 0 Å². The molecule has 0 aliphatic rings. The Morgan fingerprint density at radius 1 is 0.667 bits per heavy atom. The van der Waals surface area contributed by atoms with Crippen molar-refractivity contribution in [3.8, 4) is 23.1 Å². The van der Waals surface area contributed by atoms with Crippen LogP contribution in [0.5, 0.6) is 0 Å². The molecule has 1 aromatic heterocycles. The highest BCUT2D eigenvalue weighted by Gasteiger charge is 2.13. The number of benzene rings is 4. The van der Waals surface area contributed by atoms with Gasteiger partial charge in [-0.2, -0.15) is 0 Å². The van der Waals surface area contributed by atoms with Crippen LogP contribution in [0.2, 0.25) is 0 Å². The van der Waals surface area contributed by atoms with Gasteiger partial charge >= 0.3 is 0 Å². The molecule has 5 aromatic rings. The van der Waals surface area contributed by atoms with Crippen molar-refractivity contribution < 1.29 is 0 Å². The van der Waals surface area contributed by atoms with Crippen LogP contribution in [0.1, 0.15) is 16.8 Å². The summed E-state index contributed by atoms with van der Waals surface area (Å²) in [5, 5.41) is 11.4. The Kier molecular flexibility index (Phi) is 4.81. The molecule has 3 heteroatoms. The summed E-state index contributed by atoms with van der Waals surface area (Å²) < 4.78 is 1.89. The third kappa shape index (κ3) is 3.72. The van der Waals surface area contributed by atoms with Crippen molar-refractivity contribution in [2.45, 2.75) is 6.54 Å². The second-order valence-corrected chi connectivity index (χ2v) is 7.11. The van der Waals surface area contributed by atoms with Crippen LogP contribution in [-0.2, 0) is 6.54 Å². The Balaban J connectivity index is 1.57. The Morgan fingerprint density at radius 3 is 2.17 bits per heavy atom. The summed E-state index contributed by atoms with van der Waals surface area (Å²) in [6.45, 7) is 0.615. The second-order valence-electron chi connectivity index (χ2n) is 7.11. The number of rotatable bonds is 3. The van der Waals surface area contributed by atoms with Crippen LogP contribution in [-0.4, -0.2) is 15.0 Å². The van der Waals surface area contributed by atoms with E-state index in [1.54, 1.807) is 0 Å². The third-order valence-electron chi connectivity index (χ3n) is 5.03. The third-order valence-corrected chi connectivity index (χ3v) is 5.03. The monoisotopic (exact) mass is 385 g/mol. The summed E-state index contributed by atoms with van der Waals surface area (Å²) in [5.74, 6) is 6.58. The van der Waals surface area contributed by atoms with E-state index < -0.39 is 0 Å². The Labute approximate surface area is 175 Å². The lowest BCUT2D eigenvalue weighted by molar-refractivity contribution is 0.644. The smallest absolute Gasteiger partial charge is 0.140 e. The fourth-order valence-corrected chi connectivity index (χ4v) is 3.50. The van der Waals surface area contributed by atoms with Gasteiger partial charge in [-0.25, -0.2) is 4.68 Å². The number of fused-ring (bicyclic) bond motifs is 1. The molecule has 0 aliphatic heterocycles. The molecule has 0 spiro atoms. The molecule has 0 amide bonds. The number of nitrogens with zero attached hydrogens (tertiary/aromatic N) is 3. The molecule has 0 fully saturated rings. The minimum atomic E-state index is 0.615. The molecule has 0 unspecified atom stereocenters.